The second-order valence-electron chi connectivity index (χ2n) is 7.60. The summed E-state index contributed by atoms with van der Waals surface area (Å²) in [5, 5.41) is 13.5. The Balaban J connectivity index is 1.46. The van der Waals surface area contributed by atoms with E-state index in [0.717, 1.165) is 12.1 Å². The number of anilines is 2. The van der Waals surface area contributed by atoms with E-state index in [1.807, 2.05) is 0 Å². The second kappa shape index (κ2) is 8.00. The molecule has 2 aromatic rings. The van der Waals surface area contributed by atoms with Crippen LogP contribution in [0.1, 0.15) is 18.4 Å². The molecule has 2 aliphatic heterocycles. The summed E-state index contributed by atoms with van der Waals surface area (Å²) in [5.41, 5.74) is -1.03. The Morgan fingerprint density at radius 3 is 2.77 bits per heavy atom. The van der Waals surface area contributed by atoms with Crippen molar-refractivity contribution in [1.82, 2.24) is 0 Å². The zero-order valence-electron chi connectivity index (χ0n) is 15.9. The number of ether oxygens (including phenoxy) is 1. The first kappa shape index (κ1) is 20.8. The second-order valence-corrected chi connectivity index (χ2v) is 8.04. The molecule has 0 unspecified atom stereocenters. The van der Waals surface area contributed by atoms with Crippen molar-refractivity contribution in [3.8, 4) is 5.75 Å². The first-order chi connectivity index (χ1) is 14.3. The highest BCUT2D eigenvalue weighted by Crippen LogP contribution is 2.36. The van der Waals surface area contributed by atoms with Gasteiger partial charge in [-0.15, -0.1) is 0 Å². The molecule has 0 bridgehead atoms. The molecule has 30 heavy (non-hydrogen) atoms. The maximum atomic E-state index is 14.9. The fourth-order valence-corrected chi connectivity index (χ4v) is 3.98. The Morgan fingerprint density at radius 1 is 1.23 bits per heavy atom. The lowest BCUT2D eigenvalue weighted by molar-refractivity contribution is -0.116. The molecule has 1 fully saturated rings. The number of aliphatic hydroxyl groups is 1. The van der Waals surface area contributed by atoms with E-state index < -0.39 is 23.4 Å². The van der Waals surface area contributed by atoms with Gasteiger partial charge < -0.3 is 20.1 Å². The fourth-order valence-electron chi connectivity index (χ4n) is 3.82. The van der Waals surface area contributed by atoms with Crippen LogP contribution in [0.4, 0.5) is 24.5 Å². The number of nitrogens with one attached hydrogen (secondary N) is 1. The van der Waals surface area contributed by atoms with Crippen LogP contribution in [-0.2, 0) is 11.2 Å². The number of alkyl halides is 1. The molecular formula is C21H20ClF3N2O3. The number of fused-ring (bicyclic) bond motifs is 1. The minimum absolute atomic E-state index is 0.0103. The third-order valence-electron chi connectivity index (χ3n) is 5.59. The van der Waals surface area contributed by atoms with Gasteiger partial charge in [0.05, 0.1) is 17.9 Å². The monoisotopic (exact) mass is 440 g/mol. The van der Waals surface area contributed by atoms with Gasteiger partial charge in [-0.3, -0.25) is 4.79 Å². The van der Waals surface area contributed by atoms with Gasteiger partial charge in [-0.1, -0.05) is 11.6 Å². The maximum Gasteiger partial charge on any atom is 0.224 e. The van der Waals surface area contributed by atoms with Crippen molar-refractivity contribution in [1.29, 1.82) is 0 Å². The molecule has 0 aliphatic carbocycles. The average molecular weight is 441 g/mol. The Morgan fingerprint density at radius 2 is 2.03 bits per heavy atom. The molecule has 160 valence electrons. The van der Waals surface area contributed by atoms with Crippen molar-refractivity contribution in [2.24, 2.45) is 0 Å². The van der Waals surface area contributed by atoms with E-state index >= 15 is 0 Å². The zero-order chi connectivity index (χ0) is 21.5. The smallest absolute Gasteiger partial charge is 0.224 e. The van der Waals surface area contributed by atoms with E-state index in [-0.39, 0.29) is 61.3 Å². The molecule has 0 radical (unpaired) electrons. The quantitative estimate of drug-likeness (QED) is 0.758. The standard InChI is InChI=1S/C21H20ClF3N2O3/c22-12-1-4-16(15(24)9-12)27-8-7-21(29,18(25)10-27)11-30-17-5-3-14(23)20-13(17)2-6-19(28)26-20/h1,3-5,9,18,29H,2,6-8,10-11H2,(H,26,28)/t18-,21-/m1/s1. The van der Waals surface area contributed by atoms with Crippen LogP contribution in [0.5, 0.6) is 5.75 Å². The lowest BCUT2D eigenvalue weighted by atomic mass is 9.90. The number of benzene rings is 2. The van der Waals surface area contributed by atoms with Crippen LogP contribution >= 0.6 is 11.6 Å². The van der Waals surface area contributed by atoms with Crippen molar-refractivity contribution >= 4 is 28.9 Å². The molecule has 5 nitrogen and oxygen atoms in total. The predicted octanol–water partition coefficient (Wildman–Crippen LogP) is 3.86. The summed E-state index contributed by atoms with van der Waals surface area (Å²) in [6, 6.07) is 6.71. The third-order valence-corrected chi connectivity index (χ3v) is 5.83. The van der Waals surface area contributed by atoms with Gasteiger partial charge in [0.15, 0.2) is 0 Å². The van der Waals surface area contributed by atoms with E-state index in [1.165, 1.54) is 23.1 Å². The molecule has 0 spiro atoms. The first-order valence-corrected chi connectivity index (χ1v) is 9.95. The van der Waals surface area contributed by atoms with Gasteiger partial charge in [0.25, 0.3) is 0 Å². The summed E-state index contributed by atoms with van der Waals surface area (Å²) in [5.74, 6) is -1.14. The molecule has 2 atom stereocenters. The van der Waals surface area contributed by atoms with Crippen molar-refractivity contribution < 1.29 is 27.8 Å². The normalized spacial score (nSPS) is 23.7. The molecule has 2 N–H and O–H groups in total. The molecule has 1 saturated heterocycles. The van der Waals surface area contributed by atoms with Gasteiger partial charge in [-0.25, -0.2) is 13.2 Å². The van der Waals surface area contributed by atoms with Crippen LogP contribution in [0.3, 0.4) is 0 Å². The van der Waals surface area contributed by atoms with Crippen LogP contribution in [-0.4, -0.2) is 42.5 Å². The summed E-state index contributed by atoms with van der Waals surface area (Å²) in [4.78, 5) is 13.0. The molecule has 2 aliphatic rings. The Hall–Kier alpha value is -2.45. The Kier molecular flexibility index (Phi) is 5.55. The molecule has 4 rings (SSSR count). The fraction of sp³-hybridized carbons (Fsp3) is 0.381. The SMILES string of the molecule is O=C1CCc2c(OC[C@]3(O)CCN(c4ccc(Cl)cc4F)C[C@H]3F)ccc(F)c2N1. The first-order valence-electron chi connectivity index (χ1n) is 9.57. The maximum absolute atomic E-state index is 14.9. The van der Waals surface area contributed by atoms with E-state index in [2.05, 4.69) is 5.32 Å². The van der Waals surface area contributed by atoms with E-state index in [4.69, 9.17) is 16.3 Å². The summed E-state index contributed by atoms with van der Waals surface area (Å²) in [6.45, 7) is -0.344. The summed E-state index contributed by atoms with van der Waals surface area (Å²) in [6.07, 6.45) is -1.21. The van der Waals surface area contributed by atoms with E-state index in [0.29, 0.717) is 11.3 Å². The number of halogens is 4. The molecule has 2 heterocycles. The number of rotatable bonds is 4. The number of hydrogen-bond donors (Lipinski definition) is 2. The van der Waals surface area contributed by atoms with Gasteiger partial charge in [-0.2, -0.15) is 0 Å². The van der Waals surface area contributed by atoms with E-state index in [9.17, 15) is 23.1 Å². The average Bonchev–Trinajstić information content (AvgIpc) is 2.70. The number of nitrogens with zero attached hydrogens (tertiary/aromatic N) is 1. The number of piperidine rings is 1. The van der Waals surface area contributed by atoms with E-state index in [1.54, 1.807) is 0 Å². The van der Waals surface area contributed by atoms with Crippen LogP contribution in [0, 0.1) is 11.6 Å². The lowest BCUT2D eigenvalue weighted by Crippen LogP contribution is -2.56. The topological polar surface area (TPSA) is 61.8 Å². The molecule has 2 aromatic carbocycles. The number of carbonyl (C=O) groups excluding carboxylic acids is 1. The summed E-state index contributed by atoms with van der Waals surface area (Å²) >= 11 is 5.76. The highest BCUT2D eigenvalue weighted by molar-refractivity contribution is 6.30. The van der Waals surface area contributed by atoms with Crippen molar-refractivity contribution in [2.45, 2.75) is 31.0 Å². The molecular weight excluding hydrogens is 421 g/mol. The van der Waals surface area contributed by atoms with Crippen molar-refractivity contribution in [3.63, 3.8) is 0 Å². The molecule has 0 saturated carbocycles. The van der Waals surface area contributed by atoms with Gasteiger partial charge in [0.1, 0.15) is 35.8 Å². The van der Waals surface area contributed by atoms with Crippen molar-refractivity contribution in [2.75, 3.05) is 29.9 Å². The van der Waals surface area contributed by atoms with Gasteiger partial charge in [-0.05, 0) is 43.2 Å². The lowest BCUT2D eigenvalue weighted by Gasteiger charge is -2.41. The number of hydrogen-bond acceptors (Lipinski definition) is 4. The molecule has 0 aromatic heterocycles. The Bertz CT molecular complexity index is 990. The predicted molar refractivity (Wildman–Crippen MR) is 107 cm³/mol. The van der Waals surface area contributed by atoms with Crippen molar-refractivity contribution in [3.05, 3.63) is 52.6 Å². The minimum atomic E-state index is -1.78. The largest absolute Gasteiger partial charge is 0.490 e. The summed E-state index contributed by atoms with van der Waals surface area (Å²) in [7, 11) is 0. The third kappa shape index (κ3) is 3.94. The van der Waals surface area contributed by atoms with Gasteiger partial charge >= 0.3 is 0 Å². The van der Waals surface area contributed by atoms with Crippen LogP contribution in [0.15, 0.2) is 30.3 Å². The molecule has 1 amide bonds. The minimum Gasteiger partial charge on any atom is -0.490 e. The number of carbonyl (C=O) groups is 1. The zero-order valence-corrected chi connectivity index (χ0v) is 16.7. The van der Waals surface area contributed by atoms with Crippen LogP contribution < -0.4 is 15.0 Å². The highest BCUT2D eigenvalue weighted by atomic mass is 35.5. The van der Waals surface area contributed by atoms with Crippen LogP contribution in [0.2, 0.25) is 5.02 Å². The highest BCUT2D eigenvalue weighted by Gasteiger charge is 2.43. The van der Waals surface area contributed by atoms with Gasteiger partial charge in [0, 0.05) is 23.6 Å². The molecule has 9 heteroatoms. The van der Waals surface area contributed by atoms with Gasteiger partial charge in [0.2, 0.25) is 5.91 Å². The Labute approximate surface area is 176 Å². The summed E-state index contributed by atoms with van der Waals surface area (Å²) < 4.78 is 48.7. The van der Waals surface area contributed by atoms with Crippen LogP contribution in [0.25, 0.3) is 0 Å². The number of amides is 1.